The summed E-state index contributed by atoms with van der Waals surface area (Å²) in [5.41, 5.74) is 1.23. The second-order valence-electron chi connectivity index (χ2n) is 8.16. The lowest BCUT2D eigenvalue weighted by Gasteiger charge is -2.32. The van der Waals surface area contributed by atoms with Gasteiger partial charge in [-0.05, 0) is 63.3 Å². The number of ether oxygens (including phenoxy) is 1. The molecule has 32 heavy (non-hydrogen) atoms. The van der Waals surface area contributed by atoms with E-state index in [2.05, 4.69) is 17.4 Å². The Morgan fingerprint density at radius 2 is 2.00 bits per heavy atom. The largest absolute Gasteiger partial charge is 0.492 e. The average molecular weight is 479 g/mol. The van der Waals surface area contributed by atoms with Crippen LogP contribution in [-0.4, -0.2) is 44.4 Å². The first-order valence-electron chi connectivity index (χ1n) is 11.1. The number of aryl methyl sites for hydroxylation is 1. The summed E-state index contributed by atoms with van der Waals surface area (Å²) in [4.78, 5) is 12.9. The van der Waals surface area contributed by atoms with Gasteiger partial charge < -0.3 is 10.1 Å². The van der Waals surface area contributed by atoms with Gasteiger partial charge in [-0.1, -0.05) is 41.9 Å². The van der Waals surface area contributed by atoms with Crippen LogP contribution in [0.25, 0.3) is 0 Å². The van der Waals surface area contributed by atoms with E-state index >= 15 is 0 Å². The lowest BCUT2D eigenvalue weighted by atomic mass is 9.98. The summed E-state index contributed by atoms with van der Waals surface area (Å²) < 4.78 is 33.1. The molecule has 1 saturated heterocycles. The molecule has 6 nitrogen and oxygen atoms in total. The van der Waals surface area contributed by atoms with Crippen LogP contribution in [0.5, 0.6) is 5.75 Å². The van der Waals surface area contributed by atoms with E-state index < -0.39 is 10.0 Å². The van der Waals surface area contributed by atoms with Crippen LogP contribution in [0.15, 0.2) is 53.4 Å². The summed E-state index contributed by atoms with van der Waals surface area (Å²) in [6, 6.07) is 14.6. The molecule has 0 aromatic heterocycles. The first-order valence-corrected chi connectivity index (χ1v) is 12.9. The van der Waals surface area contributed by atoms with Crippen LogP contribution in [0.1, 0.15) is 38.7 Å². The molecule has 0 bridgehead atoms. The van der Waals surface area contributed by atoms with E-state index in [0.29, 0.717) is 31.7 Å². The van der Waals surface area contributed by atoms with E-state index in [-0.39, 0.29) is 34.3 Å². The third-order valence-electron chi connectivity index (χ3n) is 5.69. The molecule has 2 atom stereocenters. The van der Waals surface area contributed by atoms with Crippen LogP contribution in [0, 0.1) is 5.92 Å². The fraction of sp³-hybridized carbons (Fsp3) is 0.458. The summed E-state index contributed by atoms with van der Waals surface area (Å²) in [5.74, 6) is -0.000404. The fourth-order valence-electron chi connectivity index (χ4n) is 3.90. The molecule has 3 rings (SSSR count). The molecule has 0 aliphatic carbocycles. The van der Waals surface area contributed by atoms with Crippen LogP contribution >= 0.6 is 11.6 Å². The molecule has 1 aliphatic rings. The van der Waals surface area contributed by atoms with Gasteiger partial charge in [-0.15, -0.1) is 0 Å². The van der Waals surface area contributed by atoms with Crippen molar-refractivity contribution in [1.82, 2.24) is 9.62 Å². The maximum absolute atomic E-state index is 13.2. The molecular weight excluding hydrogens is 448 g/mol. The molecule has 2 aromatic rings. The number of hydrogen-bond acceptors (Lipinski definition) is 4. The Hall–Kier alpha value is -2.09. The Balaban J connectivity index is 1.60. The van der Waals surface area contributed by atoms with Gasteiger partial charge in [-0.3, -0.25) is 4.79 Å². The van der Waals surface area contributed by atoms with Crippen molar-refractivity contribution in [1.29, 1.82) is 0 Å². The Morgan fingerprint density at radius 1 is 1.25 bits per heavy atom. The first-order chi connectivity index (χ1) is 15.3. The zero-order valence-electron chi connectivity index (χ0n) is 18.6. The third-order valence-corrected chi connectivity index (χ3v) is 7.85. The van der Waals surface area contributed by atoms with Crippen molar-refractivity contribution in [3.8, 4) is 5.75 Å². The summed E-state index contributed by atoms with van der Waals surface area (Å²) in [5, 5.41) is 3.32. The smallest absolute Gasteiger partial charge is 0.243 e. The van der Waals surface area contributed by atoms with Crippen molar-refractivity contribution in [2.75, 3.05) is 19.7 Å². The highest BCUT2D eigenvalue weighted by atomic mass is 35.5. The Labute approximate surface area is 196 Å². The van der Waals surface area contributed by atoms with E-state index in [1.54, 1.807) is 6.07 Å². The van der Waals surface area contributed by atoms with E-state index in [4.69, 9.17) is 16.3 Å². The Kier molecular flexibility index (Phi) is 8.57. The van der Waals surface area contributed by atoms with Gasteiger partial charge in [-0.25, -0.2) is 8.42 Å². The van der Waals surface area contributed by atoms with Crippen LogP contribution in [0.2, 0.25) is 5.02 Å². The van der Waals surface area contributed by atoms with E-state index in [0.717, 1.165) is 12.8 Å². The molecule has 1 amide bonds. The second-order valence-corrected chi connectivity index (χ2v) is 10.5. The topological polar surface area (TPSA) is 75.7 Å². The van der Waals surface area contributed by atoms with E-state index in [1.165, 1.54) is 22.0 Å². The molecule has 1 aliphatic heterocycles. The molecule has 0 unspecified atom stereocenters. The van der Waals surface area contributed by atoms with Crippen molar-refractivity contribution in [3.05, 3.63) is 59.1 Å². The van der Waals surface area contributed by atoms with Gasteiger partial charge in [-0.2, -0.15) is 4.31 Å². The number of halogens is 1. The minimum atomic E-state index is -3.74. The molecule has 1 fully saturated rings. The van der Waals surface area contributed by atoms with Gasteiger partial charge in [0.15, 0.2) is 0 Å². The molecule has 1 N–H and O–H groups in total. The van der Waals surface area contributed by atoms with Gasteiger partial charge in [0.2, 0.25) is 15.9 Å². The van der Waals surface area contributed by atoms with Crippen molar-refractivity contribution in [2.24, 2.45) is 5.92 Å². The van der Waals surface area contributed by atoms with Crippen LogP contribution in [0.4, 0.5) is 0 Å². The number of sulfonamides is 1. The number of amides is 1. The monoisotopic (exact) mass is 478 g/mol. The van der Waals surface area contributed by atoms with Gasteiger partial charge in [0.1, 0.15) is 5.75 Å². The summed E-state index contributed by atoms with van der Waals surface area (Å²) in [7, 11) is -3.74. The summed E-state index contributed by atoms with van der Waals surface area (Å²) >= 11 is 6.19. The van der Waals surface area contributed by atoms with Crippen molar-refractivity contribution in [3.63, 3.8) is 0 Å². The maximum Gasteiger partial charge on any atom is 0.243 e. The number of carbonyl (C=O) groups excluding carboxylic acids is 1. The number of carbonyl (C=O) groups is 1. The molecular formula is C24H31ClN2O4S. The predicted molar refractivity (Wildman–Crippen MR) is 126 cm³/mol. The molecule has 8 heteroatoms. The molecule has 2 aromatic carbocycles. The average Bonchev–Trinajstić information content (AvgIpc) is 2.80. The predicted octanol–water partition coefficient (Wildman–Crippen LogP) is 4.28. The number of benzene rings is 2. The highest BCUT2D eigenvalue weighted by molar-refractivity contribution is 7.89. The standard InChI is InChI=1S/C24H31ClN2O4S/c1-3-31-23-14-13-21(16-22(23)25)32(29,30)27-15-7-10-20(17-27)24(28)26-18(2)11-12-19-8-5-4-6-9-19/h4-6,8-9,13-14,16,18,20H,3,7,10-12,15,17H2,1-2H3,(H,26,28)/t18-,20+/m1/s1. The molecule has 0 radical (unpaired) electrons. The van der Waals surface area contributed by atoms with Crippen molar-refractivity contribution < 1.29 is 17.9 Å². The van der Waals surface area contributed by atoms with Crippen LogP contribution in [0.3, 0.4) is 0 Å². The SMILES string of the molecule is CCOc1ccc(S(=O)(=O)N2CCC[C@H](C(=O)N[C@H](C)CCc3ccccc3)C2)cc1Cl. The highest BCUT2D eigenvalue weighted by Gasteiger charge is 2.34. The molecule has 0 spiro atoms. The fourth-order valence-corrected chi connectivity index (χ4v) is 5.75. The van der Waals surface area contributed by atoms with E-state index in [1.807, 2.05) is 32.0 Å². The molecule has 0 saturated carbocycles. The number of piperidine rings is 1. The van der Waals surface area contributed by atoms with Crippen molar-refractivity contribution in [2.45, 2.75) is 50.5 Å². The van der Waals surface area contributed by atoms with Crippen molar-refractivity contribution >= 4 is 27.5 Å². The quantitative estimate of drug-likeness (QED) is 0.583. The summed E-state index contributed by atoms with van der Waals surface area (Å²) in [6.45, 7) is 4.83. The first kappa shape index (κ1) is 24.6. The lowest BCUT2D eigenvalue weighted by molar-refractivity contribution is -0.126. The minimum Gasteiger partial charge on any atom is -0.492 e. The number of rotatable bonds is 9. The number of nitrogens with one attached hydrogen (secondary N) is 1. The second kappa shape index (κ2) is 11.2. The minimum absolute atomic E-state index is 0.0135. The van der Waals surface area contributed by atoms with Gasteiger partial charge >= 0.3 is 0 Å². The number of nitrogens with zero attached hydrogens (tertiary/aromatic N) is 1. The van der Waals surface area contributed by atoms with Gasteiger partial charge in [0.25, 0.3) is 0 Å². The van der Waals surface area contributed by atoms with Crippen LogP contribution < -0.4 is 10.1 Å². The number of hydrogen-bond donors (Lipinski definition) is 1. The normalized spacial score (nSPS) is 18.2. The summed E-state index contributed by atoms with van der Waals surface area (Å²) in [6.07, 6.45) is 3.02. The van der Waals surface area contributed by atoms with Crippen LogP contribution in [-0.2, 0) is 21.2 Å². The maximum atomic E-state index is 13.2. The Morgan fingerprint density at radius 3 is 2.69 bits per heavy atom. The molecule has 174 valence electrons. The molecule has 1 heterocycles. The van der Waals surface area contributed by atoms with Gasteiger partial charge in [0.05, 0.1) is 22.4 Å². The third kappa shape index (κ3) is 6.24. The lowest BCUT2D eigenvalue weighted by Crippen LogP contribution is -2.47. The zero-order valence-corrected chi connectivity index (χ0v) is 20.2. The van der Waals surface area contributed by atoms with E-state index in [9.17, 15) is 13.2 Å². The Bertz CT molecular complexity index is 1010. The van der Waals surface area contributed by atoms with Gasteiger partial charge in [0, 0.05) is 19.1 Å². The highest BCUT2D eigenvalue weighted by Crippen LogP contribution is 2.30. The zero-order chi connectivity index (χ0) is 23.1.